The summed E-state index contributed by atoms with van der Waals surface area (Å²) in [7, 11) is 1.12. The third kappa shape index (κ3) is 2.37. The van der Waals surface area contributed by atoms with Gasteiger partial charge in [-0.1, -0.05) is 11.6 Å². The SMILES string of the molecule is NC(=O)c1ccc(Cl)c(S(=O)(=O)Cl)c1. The standard InChI is InChI=1S/C7H5Cl2NO3S/c8-5-2-1-4(7(10)11)3-6(5)14(9,12)13/h1-3H,(H2,10,11). The van der Waals surface area contributed by atoms with Gasteiger partial charge in [-0.3, -0.25) is 4.79 Å². The molecule has 14 heavy (non-hydrogen) atoms. The molecule has 0 spiro atoms. The molecule has 1 aromatic carbocycles. The van der Waals surface area contributed by atoms with Gasteiger partial charge in [0.05, 0.1) is 5.02 Å². The molecule has 1 rings (SSSR count). The second kappa shape index (κ2) is 3.76. The average molecular weight is 254 g/mol. The van der Waals surface area contributed by atoms with Crippen LogP contribution in [-0.2, 0) is 9.05 Å². The molecule has 7 heteroatoms. The van der Waals surface area contributed by atoms with Crippen LogP contribution >= 0.6 is 22.3 Å². The Labute approximate surface area is 90.0 Å². The molecule has 1 aromatic rings. The Hall–Kier alpha value is -0.780. The zero-order chi connectivity index (χ0) is 10.9. The number of hydrogen-bond acceptors (Lipinski definition) is 3. The lowest BCUT2D eigenvalue weighted by Crippen LogP contribution is -2.11. The van der Waals surface area contributed by atoms with Crippen LogP contribution in [0.2, 0.25) is 5.02 Å². The second-order valence-corrected chi connectivity index (χ2v) is 5.39. The molecule has 0 aliphatic heterocycles. The Morgan fingerprint density at radius 1 is 1.36 bits per heavy atom. The summed E-state index contributed by atoms with van der Waals surface area (Å²) in [6, 6.07) is 3.60. The normalized spacial score (nSPS) is 11.3. The van der Waals surface area contributed by atoms with Crippen LogP contribution < -0.4 is 5.73 Å². The molecule has 1 amide bonds. The molecule has 0 atom stereocenters. The van der Waals surface area contributed by atoms with Crippen molar-refractivity contribution in [2.45, 2.75) is 4.90 Å². The van der Waals surface area contributed by atoms with E-state index in [9.17, 15) is 13.2 Å². The van der Waals surface area contributed by atoms with E-state index in [1.807, 2.05) is 0 Å². The molecule has 0 fully saturated rings. The maximum atomic E-state index is 11.0. The van der Waals surface area contributed by atoms with Crippen LogP contribution in [0.5, 0.6) is 0 Å². The van der Waals surface area contributed by atoms with Gasteiger partial charge in [-0.2, -0.15) is 0 Å². The van der Waals surface area contributed by atoms with Crippen molar-refractivity contribution in [1.29, 1.82) is 0 Å². The van der Waals surface area contributed by atoms with Crippen molar-refractivity contribution in [1.82, 2.24) is 0 Å². The van der Waals surface area contributed by atoms with E-state index in [0.717, 1.165) is 6.07 Å². The summed E-state index contributed by atoms with van der Waals surface area (Å²) < 4.78 is 21.9. The Bertz CT molecular complexity index is 484. The van der Waals surface area contributed by atoms with Crippen LogP contribution in [0.15, 0.2) is 23.1 Å². The summed E-state index contributed by atoms with van der Waals surface area (Å²) in [5.74, 6) is -0.747. The van der Waals surface area contributed by atoms with E-state index in [4.69, 9.17) is 28.0 Å². The smallest absolute Gasteiger partial charge is 0.262 e. The quantitative estimate of drug-likeness (QED) is 0.809. The number of rotatable bonds is 2. The van der Waals surface area contributed by atoms with Crippen LogP contribution in [0.3, 0.4) is 0 Å². The highest BCUT2D eigenvalue weighted by molar-refractivity contribution is 8.13. The number of nitrogens with two attached hydrogens (primary N) is 1. The first kappa shape index (κ1) is 11.3. The van der Waals surface area contributed by atoms with Gasteiger partial charge in [-0.25, -0.2) is 8.42 Å². The van der Waals surface area contributed by atoms with Crippen molar-refractivity contribution in [2.75, 3.05) is 0 Å². The molecule has 0 aliphatic carbocycles. The molecule has 0 bridgehead atoms. The van der Waals surface area contributed by atoms with Crippen LogP contribution in [0.25, 0.3) is 0 Å². The van der Waals surface area contributed by atoms with Crippen LogP contribution in [0, 0.1) is 0 Å². The molecular formula is C7H5Cl2NO3S. The number of carbonyl (C=O) groups excluding carboxylic acids is 1. The van der Waals surface area contributed by atoms with Gasteiger partial charge in [-0.05, 0) is 18.2 Å². The second-order valence-electron chi connectivity index (χ2n) is 2.45. The van der Waals surface area contributed by atoms with Gasteiger partial charge in [0, 0.05) is 16.2 Å². The summed E-state index contributed by atoms with van der Waals surface area (Å²) in [6.45, 7) is 0. The van der Waals surface area contributed by atoms with Crippen molar-refractivity contribution in [2.24, 2.45) is 5.73 Å². The fraction of sp³-hybridized carbons (Fsp3) is 0. The van der Waals surface area contributed by atoms with Crippen LogP contribution in [-0.4, -0.2) is 14.3 Å². The van der Waals surface area contributed by atoms with Gasteiger partial charge in [0.25, 0.3) is 9.05 Å². The summed E-state index contributed by atoms with van der Waals surface area (Å²) >= 11 is 5.57. The van der Waals surface area contributed by atoms with Crippen molar-refractivity contribution in [3.05, 3.63) is 28.8 Å². The first-order valence-electron chi connectivity index (χ1n) is 3.36. The van der Waals surface area contributed by atoms with Gasteiger partial charge >= 0.3 is 0 Å². The maximum absolute atomic E-state index is 11.0. The summed E-state index contributed by atoms with van der Waals surface area (Å²) in [6.07, 6.45) is 0. The van der Waals surface area contributed by atoms with E-state index in [2.05, 4.69) is 0 Å². The number of carbonyl (C=O) groups is 1. The summed E-state index contributed by atoms with van der Waals surface area (Å²) in [5.41, 5.74) is 4.99. The highest BCUT2D eigenvalue weighted by atomic mass is 35.7. The monoisotopic (exact) mass is 253 g/mol. The minimum atomic E-state index is -3.96. The molecule has 0 saturated heterocycles. The molecule has 0 unspecified atom stereocenters. The number of halogens is 2. The highest BCUT2D eigenvalue weighted by Gasteiger charge is 2.16. The van der Waals surface area contributed by atoms with E-state index >= 15 is 0 Å². The molecule has 0 aromatic heterocycles. The molecular weight excluding hydrogens is 249 g/mol. The van der Waals surface area contributed by atoms with E-state index in [0.29, 0.717) is 0 Å². The van der Waals surface area contributed by atoms with Gasteiger partial charge in [0.2, 0.25) is 5.91 Å². The third-order valence-corrected chi connectivity index (χ3v) is 3.28. The van der Waals surface area contributed by atoms with Gasteiger partial charge in [-0.15, -0.1) is 0 Å². The van der Waals surface area contributed by atoms with Crippen molar-refractivity contribution >= 4 is 37.2 Å². The van der Waals surface area contributed by atoms with E-state index in [1.165, 1.54) is 12.1 Å². The average Bonchev–Trinajstić information content (AvgIpc) is 2.02. The third-order valence-electron chi connectivity index (χ3n) is 1.48. The zero-order valence-electron chi connectivity index (χ0n) is 6.70. The lowest BCUT2D eigenvalue weighted by Gasteiger charge is -2.01. The molecule has 4 nitrogen and oxygen atoms in total. The molecule has 0 aliphatic rings. The lowest BCUT2D eigenvalue weighted by atomic mass is 10.2. The predicted molar refractivity (Wildman–Crippen MR) is 53.0 cm³/mol. The zero-order valence-corrected chi connectivity index (χ0v) is 9.03. The number of primary amides is 1. The van der Waals surface area contributed by atoms with Crippen molar-refractivity contribution < 1.29 is 13.2 Å². The molecule has 0 radical (unpaired) electrons. The van der Waals surface area contributed by atoms with E-state index in [-0.39, 0.29) is 15.5 Å². The molecule has 0 heterocycles. The number of hydrogen-bond donors (Lipinski definition) is 1. The fourth-order valence-corrected chi connectivity index (χ4v) is 2.34. The largest absolute Gasteiger partial charge is 0.366 e. The highest BCUT2D eigenvalue weighted by Crippen LogP contribution is 2.25. The first-order chi connectivity index (χ1) is 6.32. The van der Waals surface area contributed by atoms with Gasteiger partial charge in [0.1, 0.15) is 4.90 Å². The predicted octanol–water partition coefficient (Wildman–Crippen LogP) is 1.37. The Kier molecular flexibility index (Phi) is 3.04. The molecule has 0 saturated carbocycles. The van der Waals surface area contributed by atoms with Crippen LogP contribution in [0.1, 0.15) is 10.4 Å². The van der Waals surface area contributed by atoms with E-state index in [1.54, 1.807) is 0 Å². The fourth-order valence-electron chi connectivity index (χ4n) is 0.843. The van der Waals surface area contributed by atoms with Crippen molar-refractivity contribution in [3.63, 3.8) is 0 Å². The summed E-state index contributed by atoms with van der Waals surface area (Å²) in [5, 5.41) is -0.0509. The Balaban J connectivity index is 3.44. The van der Waals surface area contributed by atoms with Gasteiger partial charge < -0.3 is 5.73 Å². The minimum Gasteiger partial charge on any atom is -0.366 e. The van der Waals surface area contributed by atoms with Gasteiger partial charge in [0.15, 0.2) is 0 Å². The number of benzene rings is 1. The molecule has 2 N–H and O–H groups in total. The van der Waals surface area contributed by atoms with Crippen molar-refractivity contribution in [3.8, 4) is 0 Å². The Morgan fingerprint density at radius 3 is 2.36 bits per heavy atom. The lowest BCUT2D eigenvalue weighted by molar-refractivity contribution is 0.1000. The minimum absolute atomic E-state index is 0.0358. The molecule has 76 valence electrons. The Morgan fingerprint density at radius 2 is 1.93 bits per heavy atom. The topological polar surface area (TPSA) is 77.2 Å². The maximum Gasteiger partial charge on any atom is 0.262 e. The van der Waals surface area contributed by atoms with E-state index < -0.39 is 15.0 Å². The number of amides is 1. The summed E-state index contributed by atoms with van der Waals surface area (Å²) in [4.78, 5) is 10.4. The van der Waals surface area contributed by atoms with Crippen LogP contribution in [0.4, 0.5) is 0 Å². The first-order valence-corrected chi connectivity index (χ1v) is 6.05.